The van der Waals surface area contributed by atoms with E-state index in [4.69, 9.17) is 27.9 Å². The van der Waals surface area contributed by atoms with Crippen molar-refractivity contribution in [1.82, 2.24) is 0 Å². The molecule has 3 rings (SSSR count). The summed E-state index contributed by atoms with van der Waals surface area (Å²) in [5.74, 6) is -1.50. The summed E-state index contributed by atoms with van der Waals surface area (Å²) in [6, 6.07) is 11.8. The zero-order valence-corrected chi connectivity index (χ0v) is 19.9. The number of thiophene rings is 1. The molecule has 0 bridgehead atoms. The number of hydrogen-bond donors (Lipinski definition) is 2. The van der Waals surface area contributed by atoms with Gasteiger partial charge in [-0.3, -0.25) is 9.59 Å². The lowest BCUT2D eigenvalue weighted by atomic mass is 10.1. The van der Waals surface area contributed by atoms with Crippen LogP contribution in [0.4, 0.5) is 10.7 Å². The molecule has 0 aliphatic carbocycles. The van der Waals surface area contributed by atoms with Gasteiger partial charge in [-0.05, 0) is 56.2 Å². The Hall–Kier alpha value is -2.87. The molecule has 3 aromatic rings. The monoisotopic (exact) mass is 490 g/mol. The summed E-state index contributed by atoms with van der Waals surface area (Å²) in [5.41, 5.74) is 2.11. The maximum Gasteiger partial charge on any atom is 0.341 e. The molecule has 6 nitrogen and oxygen atoms in total. The van der Waals surface area contributed by atoms with E-state index in [1.54, 1.807) is 38.1 Å². The van der Waals surface area contributed by atoms with Crippen molar-refractivity contribution in [3.8, 4) is 0 Å². The van der Waals surface area contributed by atoms with Gasteiger partial charge in [-0.2, -0.15) is 0 Å². The van der Waals surface area contributed by atoms with E-state index in [0.717, 1.165) is 16.9 Å². The van der Waals surface area contributed by atoms with E-state index in [1.165, 1.54) is 6.07 Å². The Labute approximate surface area is 199 Å². The number of anilines is 2. The van der Waals surface area contributed by atoms with Crippen molar-refractivity contribution >= 4 is 63.0 Å². The molecule has 166 valence electrons. The number of rotatable bonds is 6. The van der Waals surface area contributed by atoms with Gasteiger partial charge in [-0.25, -0.2) is 4.79 Å². The number of amides is 2. The number of halogens is 2. The van der Waals surface area contributed by atoms with E-state index in [1.807, 2.05) is 19.1 Å². The predicted octanol–water partition coefficient (Wildman–Crippen LogP) is 6.35. The van der Waals surface area contributed by atoms with Crippen LogP contribution in [-0.2, 0) is 4.74 Å². The highest BCUT2D eigenvalue weighted by molar-refractivity contribution is 7.19. The third-order valence-corrected chi connectivity index (χ3v) is 6.40. The topological polar surface area (TPSA) is 84.5 Å². The molecule has 1 aromatic heterocycles. The Bertz CT molecular complexity index is 1210. The molecule has 32 heavy (non-hydrogen) atoms. The number of ether oxygens (including phenoxy) is 1. The number of esters is 1. The third-order valence-electron chi connectivity index (χ3n) is 4.63. The van der Waals surface area contributed by atoms with Crippen molar-refractivity contribution in [2.45, 2.75) is 20.8 Å². The first-order valence-corrected chi connectivity index (χ1v) is 11.2. The zero-order valence-electron chi connectivity index (χ0n) is 17.5. The first-order chi connectivity index (χ1) is 15.2. The van der Waals surface area contributed by atoms with Crippen molar-refractivity contribution in [1.29, 1.82) is 0 Å². The van der Waals surface area contributed by atoms with Crippen LogP contribution in [0.2, 0.25) is 10.0 Å². The maximum absolute atomic E-state index is 13.0. The molecule has 0 saturated heterocycles. The predicted molar refractivity (Wildman–Crippen MR) is 129 cm³/mol. The van der Waals surface area contributed by atoms with E-state index in [9.17, 15) is 14.4 Å². The summed E-state index contributed by atoms with van der Waals surface area (Å²) in [7, 11) is 0. The lowest BCUT2D eigenvalue weighted by Gasteiger charge is -2.08. The van der Waals surface area contributed by atoms with E-state index in [2.05, 4.69) is 10.6 Å². The van der Waals surface area contributed by atoms with Gasteiger partial charge in [0, 0.05) is 10.6 Å². The van der Waals surface area contributed by atoms with Crippen LogP contribution in [-0.4, -0.2) is 24.4 Å². The molecule has 0 aliphatic rings. The van der Waals surface area contributed by atoms with Gasteiger partial charge >= 0.3 is 5.97 Å². The molecule has 0 fully saturated rings. The van der Waals surface area contributed by atoms with Crippen LogP contribution in [0.1, 0.15) is 48.4 Å². The molecule has 0 aliphatic heterocycles. The second-order valence-corrected chi connectivity index (χ2v) is 8.69. The second kappa shape index (κ2) is 10.2. The number of aryl methyl sites for hydroxylation is 1. The average Bonchev–Trinajstić information content (AvgIpc) is 3.07. The molecular weight excluding hydrogens is 471 g/mol. The molecule has 0 unspecified atom stereocenters. The van der Waals surface area contributed by atoms with Gasteiger partial charge in [0.15, 0.2) is 0 Å². The van der Waals surface area contributed by atoms with Crippen LogP contribution in [0.5, 0.6) is 0 Å². The number of benzene rings is 2. The summed E-state index contributed by atoms with van der Waals surface area (Å²) < 4.78 is 5.15. The van der Waals surface area contributed by atoms with Crippen molar-refractivity contribution in [3.05, 3.63) is 79.6 Å². The lowest BCUT2D eigenvalue weighted by Crippen LogP contribution is -2.16. The van der Waals surface area contributed by atoms with Crippen LogP contribution in [0.3, 0.4) is 0 Å². The van der Waals surface area contributed by atoms with Crippen molar-refractivity contribution in [3.63, 3.8) is 0 Å². The Morgan fingerprint density at radius 1 is 1.00 bits per heavy atom. The van der Waals surface area contributed by atoms with Gasteiger partial charge in [0.05, 0.1) is 27.8 Å². The first kappa shape index (κ1) is 23.8. The Morgan fingerprint density at radius 3 is 2.41 bits per heavy atom. The molecule has 0 radical (unpaired) electrons. The second-order valence-electron chi connectivity index (χ2n) is 6.83. The van der Waals surface area contributed by atoms with Crippen LogP contribution >= 0.6 is 34.5 Å². The normalized spacial score (nSPS) is 10.5. The van der Waals surface area contributed by atoms with Gasteiger partial charge in [0.25, 0.3) is 11.8 Å². The van der Waals surface area contributed by atoms with Crippen LogP contribution < -0.4 is 10.6 Å². The lowest BCUT2D eigenvalue weighted by molar-refractivity contribution is 0.0527. The van der Waals surface area contributed by atoms with Gasteiger partial charge in [0.1, 0.15) is 5.00 Å². The van der Waals surface area contributed by atoms with Gasteiger partial charge in [-0.15, -0.1) is 11.3 Å². The first-order valence-electron chi connectivity index (χ1n) is 9.66. The molecule has 0 atom stereocenters. The molecule has 0 saturated carbocycles. The Morgan fingerprint density at radius 2 is 1.72 bits per heavy atom. The maximum atomic E-state index is 13.0. The van der Waals surface area contributed by atoms with E-state index in [0.29, 0.717) is 26.9 Å². The molecule has 2 aromatic carbocycles. The van der Waals surface area contributed by atoms with Crippen LogP contribution in [0.25, 0.3) is 0 Å². The Balaban J connectivity index is 1.98. The molecule has 1 heterocycles. The minimum absolute atomic E-state index is 0.140. The minimum Gasteiger partial charge on any atom is -0.462 e. The van der Waals surface area contributed by atoms with Crippen molar-refractivity contribution in [2.75, 3.05) is 17.2 Å². The van der Waals surface area contributed by atoms with Crippen LogP contribution in [0, 0.1) is 13.8 Å². The summed E-state index contributed by atoms with van der Waals surface area (Å²) in [6.45, 7) is 5.27. The highest BCUT2D eigenvalue weighted by Gasteiger charge is 2.27. The third kappa shape index (κ3) is 5.12. The fourth-order valence-electron chi connectivity index (χ4n) is 3.04. The number of carbonyl (C=O) groups is 3. The SMILES string of the molecule is CCOC(=O)c1c(NC(=O)c2ccccc2C)sc(C(=O)Nc2cc(Cl)ccc2Cl)c1C. The largest absolute Gasteiger partial charge is 0.462 e. The van der Waals surface area contributed by atoms with Crippen molar-refractivity contribution in [2.24, 2.45) is 0 Å². The summed E-state index contributed by atoms with van der Waals surface area (Å²) >= 11 is 13.1. The summed E-state index contributed by atoms with van der Waals surface area (Å²) in [6.07, 6.45) is 0. The molecule has 2 amide bonds. The summed E-state index contributed by atoms with van der Waals surface area (Å²) in [4.78, 5) is 38.7. The zero-order chi connectivity index (χ0) is 23.4. The molecule has 0 spiro atoms. The Kier molecular flexibility index (Phi) is 7.56. The van der Waals surface area contributed by atoms with E-state index >= 15 is 0 Å². The number of hydrogen-bond acceptors (Lipinski definition) is 5. The molecular formula is C23H20Cl2N2O4S. The minimum atomic E-state index is -0.624. The average molecular weight is 491 g/mol. The van der Waals surface area contributed by atoms with Gasteiger partial charge < -0.3 is 15.4 Å². The standard InChI is InChI=1S/C23H20Cl2N2O4S/c1-4-31-23(30)18-13(3)19(21(29)26-17-11-14(24)9-10-16(17)25)32-22(18)27-20(28)15-8-6-5-7-12(15)2/h5-11H,4H2,1-3H3,(H,26,29)(H,27,28). The van der Waals surface area contributed by atoms with Crippen molar-refractivity contribution < 1.29 is 19.1 Å². The van der Waals surface area contributed by atoms with E-state index in [-0.39, 0.29) is 28.0 Å². The molecule has 2 N–H and O–H groups in total. The van der Waals surface area contributed by atoms with Crippen LogP contribution in [0.15, 0.2) is 42.5 Å². The highest BCUT2D eigenvalue weighted by Crippen LogP contribution is 2.35. The molecule has 9 heteroatoms. The van der Waals surface area contributed by atoms with E-state index < -0.39 is 11.9 Å². The number of carbonyl (C=O) groups excluding carboxylic acids is 3. The fraction of sp³-hybridized carbons (Fsp3) is 0.174. The number of nitrogens with one attached hydrogen (secondary N) is 2. The summed E-state index contributed by atoms with van der Waals surface area (Å²) in [5, 5.41) is 6.42. The van der Waals surface area contributed by atoms with Gasteiger partial charge in [0.2, 0.25) is 0 Å². The highest BCUT2D eigenvalue weighted by atomic mass is 35.5. The fourth-order valence-corrected chi connectivity index (χ4v) is 4.46. The van der Waals surface area contributed by atoms with Gasteiger partial charge in [-0.1, -0.05) is 41.4 Å². The quantitative estimate of drug-likeness (QED) is 0.394. The smallest absolute Gasteiger partial charge is 0.341 e.